The highest BCUT2D eigenvalue weighted by atomic mass is 35.5. The van der Waals surface area contributed by atoms with Gasteiger partial charge in [0.15, 0.2) is 5.75 Å². The molecule has 0 aliphatic carbocycles. The predicted octanol–water partition coefficient (Wildman–Crippen LogP) is 5.75. The van der Waals surface area contributed by atoms with E-state index in [2.05, 4.69) is 20.5 Å². The highest BCUT2D eigenvalue weighted by Crippen LogP contribution is 2.44. The Bertz CT molecular complexity index is 2760. The third kappa shape index (κ3) is 7.36. The van der Waals surface area contributed by atoms with Crippen LogP contribution in [0.25, 0.3) is 21.5 Å². The molecule has 49 heavy (non-hydrogen) atoms. The lowest BCUT2D eigenvalue weighted by Gasteiger charge is -2.11. The fraction of sp³-hybridized carbons (Fsp3) is 0. The van der Waals surface area contributed by atoms with Gasteiger partial charge in [-0.1, -0.05) is 17.7 Å². The zero-order valence-electron chi connectivity index (χ0n) is 23.7. The van der Waals surface area contributed by atoms with Crippen molar-refractivity contribution >= 4 is 102 Å². The molecule has 5 aromatic rings. The van der Waals surface area contributed by atoms with Crippen LogP contribution in [-0.4, -0.2) is 57.0 Å². The molecule has 0 amide bonds. The van der Waals surface area contributed by atoms with E-state index in [9.17, 15) is 57.0 Å². The van der Waals surface area contributed by atoms with Gasteiger partial charge in [-0.05, 0) is 66.0 Å². The van der Waals surface area contributed by atoms with E-state index in [4.69, 9.17) is 17.3 Å². The van der Waals surface area contributed by atoms with E-state index in [0.717, 1.165) is 42.5 Å². The summed E-state index contributed by atoms with van der Waals surface area (Å²) in [5.41, 5.74) is 4.06. The summed E-state index contributed by atoms with van der Waals surface area (Å²) in [6.07, 6.45) is 0. The van der Waals surface area contributed by atoms with Crippen molar-refractivity contribution in [1.29, 1.82) is 0 Å². The van der Waals surface area contributed by atoms with E-state index in [-0.39, 0.29) is 43.6 Å². The molecular formula is C26H18ClN5O13S4. The Morgan fingerprint density at radius 2 is 1.12 bits per heavy atom. The second-order valence-corrected chi connectivity index (χ2v) is 15.9. The van der Waals surface area contributed by atoms with E-state index < -0.39 is 77.2 Å². The average molecular weight is 772 g/mol. The van der Waals surface area contributed by atoms with E-state index in [1.807, 2.05) is 0 Å². The van der Waals surface area contributed by atoms with Crippen molar-refractivity contribution in [2.24, 2.45) is 20.5 Å². The zero-order valence-corrected chi connectivity index (χ0v) is 27.8. The number of hydrogen-bond acceptors (Lipinski definition) is 14. The zero-order chi connectivity index (χ0) is 36.3. The molecule has 5 rings (SSSR count). The van der Waals surface area contributed by atoms with Gasteiger partial charge in [0.25, 0.3) is 40.5 Å². The maximum atomic E-state index is 12.3. The van der Waals surface area contributed by atoms with Crippen molar-refractivity contribution in [2.75, 3.05) is 5.73 Å². The van der Waals surface area contributed by atoms with Gasteiger partial charge in [0, 0.05) is 16.2 Å². The number of phenols is 1. The molecule has 0 heterocycles. The van der Waals surface area contributed by atoms with Crippen LogP contribution in [0.1, 0.15) is 0 Å². The molecule has 18 nitrogen and oxygen atoms in total. The third-order valence-electron chi connectivity index (χ3n) is 6.70. The van der Waals surface area contributed by atoms with Crippen LogP contribution >= 0.6 is 11.6 Å². The van der Waals surface area contributed by atoms with Crippen molar-refractivity contribution in [3.05, 3.63) is 71.8 Å². The standard InChI is InChI=1S/C26H18ClN5O13S4/c27-18-4-1-13(9-22(18)47(37,38)39)29-30-20-5-6-21(17-10-14(46(34,35)36)2-3-15(17)20)31-32-25-24(49(43,44)45)8-12-7-23(48(40,41)42)19(28)11-16(12)26(25)33/h1-11,33H,28H2,(H,34,35,36)(H,37,38,39)(H,40,41,42)(H,43,44,45)/b30-29+,32-31+. The number of fused-ring (bicyclic) bond motifs is 2. The van der Waals surface area contributed by atoms with E-state index >= 15 is 0 Å². The molecule has 0 atom stereocenters. The second-order valence-electron chi connectivity index (χ2n) is 9.91. The molecule has 0 spiro atoms. The van der Waals surface area contributed by atoms with Gasteiger partial charge < -0.3 is 10.8 Å². The minimum Gasteiger partial charge on any atom is -0.505 e. The summed E-state index contributed by atoms with van der Waals surface area (Å²) in [7, 11) is -19.6. The average Bonchev–Trinajstić information content (AvgIpc) is 2.98. The highest BCUT2D eigenvalue weighted by molar-refractivity contribution is 7.86. The van der Waals surface area contributed by atoms with Gasteiger partial charge in [-0.15, -0.1) is 15.3 Å². The van der Waals surface area contributed by atoms with E-state index in [1.165, 1.54) is 24.3 Å². The third-order valence-corrected chi connectivity index (χ3v) is 10.7. The number of rotatable bonds is 8. The lowest BCUT2D eigenvalue weighted by Crippen LogP contribution is -2.04. The maximum absolute atomic E-state index is 12.3. The molecule has 0 saturated carbocycles. The number of halogens is 1. The number of anilines is 1. The fourth-order valence-corrected chi connectivity index (χ4v) is 7.30. The summed E-state index contributed by atoms with van der Waals surface area (Å²) in [5, 5.41) is 25.8. The molecule has 0 aliphatic heterocycles. The van der Waals surface area contributed by atoms with E-state index in [0.29, 0.717) is 0 Å². The first kappa shape index (κ1) is 35.7. The largest absolute Gasteiger partial charge is 0.505 e. The summed E-state index contributed by atoms with van der Waals surface area (Å²) in [6.45, 7) is 0. The Morgan fingerprint density at radius 1 is 0.551 bits per heavy atom. The lowest BCUT2D eigenvalue weighted by atomic mass is 10.1. The summed E-state index contributed by atoms with van der Waals surface area (Å²) in [4.78, 5) is -3.12. The Morgan fingerprint density at radius 3 is 1.71 bits per heavy atom. The molecule has 0 bridgehead atoms. The van der Waals surface area contributed by atoms with Crippen LogP contribution in [0.15, 0.2) is 107 Å². The van der Waals surface area contributed by atoms with Gasteiger partial charge in [-0.25, -0.2) is 0 Å². The Hall–Kier alpha value is -4.65. The molecule has 0 fully saturated rings. The molecule has 256 valence electrons. The first-order chi connectivity index (χ1) is 22.6. The van der Waals surface area contributed by atoms with Gasteiger partial charge in [0.1, 0.15) is 20.4 Å². The minimum atomic E-state index is -5.19. The van der Waals surface area contributed by atoms with Crippen LogP contribution in [-0.2, 0) is 40.5 Å². The molecule has 0 unspecified atom stereocenters. The van der Waals surface area contributed by atoms with Gasteiger partial charge in [-0.3, -0.25) is 18.2 Å². The number of phenolic OH excluding ortho intramolecular Hbond substituents is 1. The topological polar surface area (TPSA) is 313 Å². The van der Waals surface area contributed by atoms with Crippen molar-refractivity contribution < 1.29 is 57.0 Å². The number of benzene rings is 5. The van der Waals surface area contributed by atoms with Crippen LogP contribution in [0.5, 0.6) is 5.75 Å². The number of hydrogen-bond donors (Lipinski definition) is 6. The van der Waals surface area contributed by atoms with Crippen LogP contribution in [0.2, 0.25) is 5.02 Å². The molecule has 0 saturated heterocycles. The smallest absolute Gasteiger partial charge is 0.296 e. The number of aromatic hydroxyl groups is 1. The second kappa shape index (κ2) is 12.3. The molecule has 0 radical (unpaired) electrons. The minimum absolute atomic E-state index is 0.0245. The molecule has 7 N–H and O–H groups in total. The van der Waals surface area contributed by atoms with Crippen LogP contribution in [0.3, 0.4) is 0 Å². The predicted molar refractivity (Wildman–Crippen MR) is 173 cm³/mol. The quantitative estimate of drug-likeness (QED) is 0.0621. The van der Waals surface area contributed by atoms with E-state index in [1.54, 1.807) is 0 Å². The molecular weight excluding hydrogens is 754 g/mol. The van der Waals surface area contributed by atoms with Gasteiger partial charge in [-0.2, -0.15) is 38.8 Å². The first-order valence-electron chi connectivity index (χ1n) is 12.7. The van der Waals surface area contributed by atoms with Gasteiger partial charge in [0.2, 0.25) is 0 Å². The van der Waals surface area contributed by atoms with Crippen molar-refractivity contribution in [1.82, 2.24) is 0 Å². The summed E-state index contributed by atoms with van der Waals surface area (Å²) >= 11 is 5.82. The number of nitrogen functional groups attached to an aromatic ring is 1. The monoisotopic (exact) mass is 771 g/mol. The molecule has 5 aromatic carbocycles. The first-order valence-corrected chi connectivity index (χ1v) is 18.9. The Kier molecular flexibility index (Phi) is 8.98. The van der Waals surface area contributed by atoms with Gasteiger partial charge in [0.05, 0.1) is 32.7 Å². The van der Waals surface area contributed by atoms with Crippen LogP contribution in [0, 0.1) is 0 Å². The van der Waals surface area contributed by atoms with Crippen molar-refractivity contribution in [3.63, 3.8) is 0 Å². The normalized spacial score (nSPS) is 13.2. The molecule has 0 aliphatic rings. The summed E-state index contributed by atoms with van der Waals surface area (Å²) in [5.74, 6) is -0.942. The Balaban J connectivity index is 1.70. The van der Waals surface area contributed by atoms with Gasteiger partial charge >= 0.3 is 0 Å². The summed E-state index contributed by atoms with van der Waals surface area (Å²) < 4.78 is 133. The van der Waals surface area contributed by atoms with Crippen LogP contribution in [0.4, 0.5) is 28.4 Å². The lowest BCUT2D eigenvalue weighted by molar-refractivity contribution is 0.472. The summed E-state index contributed by atoms with van der Waals surface area (Å²) in [6, 6.07) is 11.4. The molecule has 23 heteroatoms. The highest BCUT2D eigenvalue weighted by Gasteiger charge is 2.25. The Labute approximate surface area is 281 Å². The number of azo groups is 2. The fourth-order valence-electron chi connectivity index (χ4n) is 4.51. The van der Waals surface area contributed by atoms with Crippen molar-refractivity contribution in [3.8, 4) is 5.75 Å². The number of nitrogens with zero attached hydrogens (tertiary/aromatic N) is 4. The van der Waals surface area contributed by atoms with Crippen LogP contribution < -0.4 is 5.73 Å². The number of nitrogens with two attached hydrogens (primary N) is 1. The SMILES string of the molecule is Nc1cc2c(O)c(/N=N/c3ccc(/N=N/c4ccc(Cl)c(S(=O)(=O)O)c4)c4ccc(S(=O)(=O)O)cc34)c(S(=O)(=O)O)cc2cc1S(=O)(=O)O. The molecule has 0 aromatic heterocycles. The maximum Gasteiger partial charge on any atom is 0.296 e. The van der Waals surface area contributed by atoms with Crippen molar-refractivity contribution in [2.45, 2.75) is 19.6 Å².